The number of nitrogens with zero attached hydrogens (tertiary/aromatic N) is 2. The van der Waals surface area contributed by atoms with Crippen LogP contribution in [0.4, 0.5) is 0 Å². The van der Waals surface area contributed by atoms with Crippen molar-refractivity contribution in [2.45, 2.75) is 19.6 Å². The predicted molar refractivity (Wildman–Crippen MR) is 91.2 cm³/mol. The first kappa shape index (κ1) is 17.2. The summed E-state index contributed by atoms with van der Waals surface area (Å²) in [4.78, 5) is 18.2. The topological polar surface area (TPSA) is 62.7 Å². The molecule has 2 aromatic rings. The summed E-state index contributed by atoms with van der Waals surface area (Å²) in [6, 6.07) is 6.74. The number of carbonyl (C=O) groups excluding carboxylic acids is 1. The van der Waals surface area contributed by atoms with Gasteiger partial charge in [0.15, 0.2) is 0 Å². The zero-order valence-corrected chi connectivity index (χ0v) is 14.2. The number of methoxy groups -OCH3 is 1. The number of likely N-dealkylation sites (N-methyl/N-ethyl adjacent to an activating group) is 1. The number of rotatable bonds is 6. The summed E-state index contributed by atoms with van der Waals surface area (Å²) in [6.07, 6.45) is 3.12. The van der Waals surface area contributed by atoms with Crippen LogP contribution >= 0.6 is 11.3 Å². The minimum absolute atomic E-state index is 0.0413. The van der Waals surface area contributed by atoms with Crippen LogP contribution in [0.15, 0.2) is 35.7 Å². The molecule has 0 aliphatic heterocycles. The molecule has 0 aliphatic rings. The molecule has 0 aliphatic carbocycles. The summed E-state index contributed by atoms with van der Waals surface area (Å²) < 4.78 is 5.23. The molecule has 0 saturated carbocycles. The lowest BCUT2D eigenvalue weighted by atomic mass is 10.2. The van der Waals surface area contributed by atoms with Gasteiger partial charge in [-0.3, -0.25) is 4.79 Å². The van der Waals surface area contributed by atoms with E-state index in [9.17, 15) is 9.90 Å². The summed E-state index contributed by atoms with van der Waals surface area (Å²) in [6.45, 7) is 2.38. The predicted octanol–water partition coefficient (Wildman–Crippen LogP) is 3.23. The highest BCUT2D eigenvalue weighted by molar-refractivity contribution is 7.09. The average Bonchev–Trinajstić information content (AvgIpc) is 3.00. The van der Waals surface area contributed by atoms with Gasteiger partial charge in [0.2, 0.25) is 5.91 Å². The van der Waals surface area contributed by atoms with Gasteiger partial charge in [0.05, 0.1) is 12.2 Å². The number of carbonyl (C=O) groups is 1. The normalized spacial score (nSPS) is 12.5. The molecule has 2 rings (SSSR count). The summed E-state index contributed by atoms with van der Waals surface area (Å²) in [7, 11) is 3.38. The molecule has 1 aromatic carbocycles. The molecule has 5 nitrogen and oxygen atoms in total. The zero-order chi connectivity index (χ0) is 16.8. The van der Waals surface area contributed by atoms with Gasteiger partial charge in [0, 0.05) is 25.6 Å². The second-order valence-electron chi connectivity index (χ2n) is 5.18. The van der Waals surface area contributed by atoms with Crippen molar-refractivity contribution in [2.75, 3.05) is 14.2 Å². The summed E-state index contributed by atoms with van der Waals surface area (Å²) >= 11 is 1.53. The van der Waals surface area contributed by atoms with Crippen LogP contribution in [0.25, 0.3) is 6.08 Å². The largest absolute Gasteiger partial charge is 0.508 e. The van der Waals surface area contributed by atoms with Crippen LogP contribution in [0.5, 0.6) is 5.75 Å². The van der Waals surface area contributed by atoms with E-state index in [4.69, 9.17) is 4.74 Å². The molecule has 1 amide bonds. The fourth-order valence-corrected chi connectivity index (χ4v) is 2.77. The molecule has 0 spiro atoms. The number of hydrogen-bond donors (Lipinski definition) is 1. The third-order valence-corrected chi connectivity index (χ3v) is 4.39. The van der Waals surface area contributed by atoms with E-state index in [0.29, 0.717) is 6.54 Å². The lowest BCUT2D eigenvalue weighted by molar-refractivity contribution is -0.125. The van der Waals surface area contributed by atoms with Gasteiger partial charge in [0.1, 0.15) is 16.9 Å². The quantitative estimate of drug-likeness (QED) is 0.825. The fraction of sp³-hybridized carbons (Fsp3) is 0.294. The van der Waals surface area contributed by atoms with E-state index in [-0.39, 0.29) is 17.8 Å². The molecule has 0 bridgehead atoms. The van der Waals surface area contributed by atoms with Crippen molar-refractivity contribution in [3.63, 3.8) is 0 Å². The highest BCUT2D eigenvalue weighted by atomic mass is 32.1. The van der Waals surface area contributed by atoms with Crippen LogP contribution in [0.3, 0.4) is 0 Å². The molecule has 0 saturated heterocycles. The second kappa shape index (κ2) is 7.89. The van der Waals surface area contributed by atoms with Crippen LogP contribution in [0.2, 0.25) is 0 Å². The second-order valence-corrected chi connectivity index (χ2v) is 6.07. The van der Waals surface area contributed by atoms with E-state index in [0.717, 1.165) is 16.3 Å². The Labute approximate surface area is 139 Å². The van der Waals surface area contributed by atoms with Crippen LogP contribution in [0, 0.1) is 0 Å². The zero-order valence-electron chi connectivity index (χ0n) is 13.4. The highest BCUT2D eigenvalue weighted by Crippen LogP contribution is 2.21. The first-order chi connectivity index (χ1) is 11.0. The molecule has 6 heteroatoms. The van der Waals surface area contributed by atoms with Crippen molar-refractivity contribution in [1.29, 1.82) is 0 Å². The van der Waals surface area contributed by atoms with Gasteiger partial charge in [-0.15, -0.1) is 11.3 Å². The molecular formula is C17H20N2O3S. The average molecular weight is 332 g/mol. The fourth-order valence-electron chi connectivity index (χ4n) is 1.93. The molecule has 1 atom stereocenters. The van der Waals surface area contributed by atoms with Crippen LogP contribution < -0.4 is 0 Å². The molecule has 0 fully saturated rings. The van der Waals surface area contributed by atoms with Crippen molar-refractivity contribution >= 4 is 23.3 Å². The number of hydrogen-bond acceptors (Lipinski definition) is 5. The molecule has 122 valence electrons. The van der Waals surface area contributed by atoms with Gasteiger partial charge in [-0.2, -0.15) is 0 Å². The molecule has 1 heterocycles. The SMILES string of the molecule is CO[C@H](C)c1nc(CN(C)C(=O)/C=C/c2cccc(O)c2)cs1. The summed E-state index contributed by atoms with van der Waals surface area (Å²) in [5.41, 5.74) is 1.62. The summed E-state index contributed by atoms with van der Waals surface area (Å²) in [5, 5.41) is 12.2. The maximum Gasteiger partial charge on any atom is 0.246 e. The van der Waals surface area contributed by atoms with Crippen molar-refractivity contribution in [3.8, 4) is 5.75 Å². The number of benzene rings is 1. The standard InChI is InChI=1S/C17H20N2O3S/c1-12(22-3)17-18-14(11-23-17)10-19(2)16(21)8-7-13-5-4-6-15(20)9-13/h4-9,11-12,20H,10H2,1-3H3/b8-7+/t12-/m1/s1. The van der Waals surface area contributed by atoms with Gasteiger partial charge < -0.3 is 14.7 Å². The Morgan fingerprint density at radius 1 is 1.52 bits per heavy atom. The lowest BCUT2D eigenvalue weighted by Gasteiger charge is -2.13. The minimum Gasteiger partial charge on any atom is -0.508 e. The molecule has 1 aromatic heterocycles. The molecular weight excluding hydrogens is 312 g/mol. The number of amides is 1. The Bertz CT molecular complexity index is 697. The van der Waals surface area contributed by atoms with E-state index in [2.05, 4.69) is 4.98 Å². The Morgan fingerprint density at radius 3 is 3.00 bits per heavy atom. The number of aromatic nitrogens is 1. The first-order valence-electron chi connectivity index (χ1n) is 7.19. The minimum atomic E-state index is -0.123. The lowest BCUT2D eigenvalue weighted by Crippen LogP contribution is -2.24. The van der Waals surface area contributed by atoms with E-state index in [1.165, 1.54) is 17.4 Å². The van der Waals surface area contributed by atoms with E-state index < -0.39 is 0 Å². The van der Waals surface area contributed by atoms with Gasteiger partial charge >= 0.3 is 0 Å². The van der Waals surface area contributed by atoms with Crippen LogP contribution in [-0.2, 0) is 16.1 Å². The molecule has 1 N–H and O–H groups in total. The van der Waals surface area contributed by atoms with Crippen molar-refractivity contribution in [3.05, 3.63) is 52.0 Å². The third kappa shape index (κ3) is 4.91. The molecule has 0 unspecified atom stereocenters. The smallest absolute Gasteiger partial charge is 0.246 e. The van der Waals surface area contributed by atoms with E-state index >= 15 is 0 Å². The molecule has 23 heavy (non-hydrogen) atoms. The van der Waals surface area contributed by atoms with Gasteiger partial charge in [0.25, 0.3) is 0 Å². The van der Waals surface area contributed by atoms with E-state index in [1.54, 1.807) is 43.3 Å². The Hall–Kier alpha value is -2.18. The van der Waals surface area contributed by atoms with Crippen LogP contribution in [0.1, 0.15) is 29.3 Å². The Morgan fingerprint density at radius 2 is 2.30 bits per heavy atom. The van der Waals surface area contributed by atoms with Gasteiger partial charge in [-0.1, -0.05) is 12.1 Å². The van der Waals surface area contributed by atoms with Crippen LogP contribution in [-0.4, -0.2) is 35.1 Å². The number of ether oxygens (including phenoxy) is 1. The van der Waals surface area contributed by atoms with Gasteiger partial charge in [-0.05, 0) is 30.7 Å². The number of phenolic OH excluding ortho intramolecular Hbond substituents is 1. The monoisotopic (exact) mass is 332 g/mol. The van der Waals surface area contributed by atoms with Gasteiger partial charge in [-0.25, -0.2) is 4.98 Å². The van der Waals surface area contributed by atoms with Crippen molar-refractivity contribution in [2.24, 2.45) is 0 Å². The van der Waals surface area contributed by atoms with Crippen molar-refractivity contribution in [1.82, 2.24) is 9.88 Å². The molecule has 0 radical (unpaired) electrons. The summed E-state index contributed by atoms with van der Waals surface area (Å²) in [5.74, 6) is 0.0536. The third-order valence-electron chi connectivity index (χ3n) is 3.33. The maximum absolute atomic E-state index is 12.1. The number of aromatic hydroxyl groups is 1. The number of phenols is 1. The first-order valence-corrected chi connectivity index (χ1v) is 8.07. The Kier molecular flexibility index (Phi) is 5.90. The Balaban J connectivity index is 1.96. The van der Waals surface area contributed by atoms with Crippen molar-refractivity contribution < 1.29 is 14.6 Å². The van der Waals surface area contributed by atoms with E-state index in [1.807, 2.05) is 18.4 Å². The highest BCUT2D eigenvalue weighted by Gasteiger charge is 2.12. The number of thiazole rings is 1. The maximum atomic E-state index is 12.1.